The Morgan fingerprint density at radius 3 is 2.58 bits per heavy atom. The molecule has 0 bridgehead atoms. The molecule has 1 aromatic heterocycles. The van der Waals surface area contributed by atoms with Crippen molar-refractivity contribution in [3.05, 3.63) is 22.9 Å². The van der Waals surface area contributed by atoms with Crippen molar-refractivity contribution in [2.75, 3.05) is 25.0 Å². The molecular formula is C16H29N3. The third-order valence-electron chi connectivity index (χ3n) is 3.41. The van der Waals surface area contributed by atoms with Gasteiger partial charge in [-0.15, -0.1) is 0 Å². The molecule has 1 rings (SSSR count). The minimum Gasteiger partial charge on any atom is -0.359 e. The molecule has 0 spiro atoms. The van der Waals surface area contributed by atoms with E-state index < -0.39 is 0 Å². The first-order valence-corrected chi connectivity index (χ1v) is 7.34. The Hall–Kier alpha value is -1.09. The van der Waals surface area contributed by atoms with Crippen LogP contribution in [0.3, 0.4) is 0 Å². The largest absolute Gasteiger partial charge is 0.359 e. The molecule has 0 unspecified atom stereocenters. The lowest BCUT2D eigenvalue weighted by molar-refractivity contribution is 0.582. The van der Waals surface area contributed by atoms with Crippen molar-refractivity contribution in [2.24, 2.45) is 5.92 Å². The second-order valence-corrected chi connectivity index (χ2v) is 5.77. The van der Waals surface area contributed by atoms with Gasteiger partial charge >= 0.3 is 0 Å². The molecule has 0 aliphatic heterocycles. The van der Waals surface area contributed by atoms with Crippen molar-refractivity contribution >= 4 is 5.82 Å². The second kappa shape index (κ2) is 7.49. The van der Waals surface area contributed by atoms with Crippen LogP contribution in [0.4, 0.5) is 5.82 Å². The van der Waals surface area contributed by atoms with Crippen LogP contribution < -0.4 is 10.2 Å². The summed E-state index contributed by atoms with van der Waals surface area (Å²) in [7, 11) is 2.15. The van der Waals surface area contributed by atoms with E-state index in [2.05, 4.69) is 57.9 Å². The highest BCUT2D eigenvalue weighted by atomic mass is 15.2. The highest BCUT2D eigenvalue weighted by Gasteiger charge is 2.12. The summed E-state index contributed by atoms with van der Waals surface area (Å²) in [5.74, 6) is 1.87. The number of hydrogen-bond donors (Lipinski definition) is 1. The van der Waals surface area contributed by atoms with E-state index in [1.54, 1.807) is 0 Å². The molecule has 3 nitrogen and oxygen atoms in total. The third kappa shape index (κ3) is 4.83. The number of anilines is 1. The van der Waals surface area contributed by atoms with E-state index in [9.17, 15) is 0 Å². The molecule has 0 aliphatic rings. The van der Waals surface area contributed by atoms with E-state index >= 15 is 0 Å². The predicted octanol–water partition coefficient (Wildman–Crippen LogP) is 3.29. The Kier molecular flexibility index (Phi) is 6.29. The Bertz CT molecular complexity index is 399. The zero-order valence-corrected chi connectivity index (χ0v) is 13.4. The number of pyridine rings is 1. The first-order chi connectivity index (χ1) is 8.95. The lowest BCUT2D eigenvalue weighted by Crippen LogP contribution is -2.25. The molecule has 0 saturated carbocycles. The van der Waals surface area contributed by atoms with Crippen molar-refractivity contribution in [2.45, 2.75) is 47.6 Å². The van der Waals surface area contributed by atoms with Gasteiger partial charge in [0.25, 0.3) is 0 Å². The maximum Gasteiger partial charge on any atom is 0.133 e. The smallest absolute Gasteiger partial charge is 0.133 e. The number of nitrogens with zero attached hydrogens (tertiary/aromatic N) is 2. The normalized spacial score (nSPS) is 11.1. The van der Waals surface area contributed by atoms with Crippen molar-refractivity contribution < 1.29 is 0 Å². The maximum atomic E-state index is 4.75. The average molecular weight is 263 g/mol. The Morgan fingerprint density at radius 2 is 2.00 bits per heavy atom. The fraction of sp³-hybridized carbons (Fsp3) is 0.688. The van der Waals surface area contributed by atoms with Gasteiger partial charge in [0.2, 0.25) is 0 Å². The van der Waals surface area contributed by atoms with E-state index in [0.717, 1.165) is 37.1 Å². The lowest BCUT2D eigenvalue weighted by atomic mass is 10.1. The number of aromatic nitrogens is 1. The summed E-state index contributed by atoms with van der Waals surface area (Å²) in [6, 6.07) is 2.17. The molecule has 0 atom stereocenters. The molecule has 108 valence electrons. The van der Waals surface area contributed by atoms with E-state index in [-0.39, 0.29) is 0 Å². The van der Waals surface area contributed by atoms with Crippen LogP contribution in [0.15, 0.2) is 6.07 Å². The Morgan fingerprint density at radius 1 is 1.32 bits per heavy atom. The van der Waals surface area contributed by atoms with Gasteiger partial charge in [-0.2, -0.15) is 0 Å². The van der Waals surface area contributed by atoms with Gasteiger partial charge in [-0.25, -0.2) is 4.98 Å². The molecule has 1 heterocycles. The number of hydrogen-bond acceptors (Lipinski definition) is 3. The van der Waals surface area contributed by atoms with Crippen LogP contribution >= 0.6 is 0 Å². The fourth-order valence-corrected chi connectivity index (χ4v) is 2.19. The van der Waals surface area contributed by atoms with E-state index in [1.807, 2.05) is 0 Å². The standard InChI is InChI=1S/C16H29N3/c1-7-17-11-15-13(4)10-14(5)18-16(15)19(6)9-8-12(2)3/h10,12,17H,7-9,11H2,1-6H3. The Balaban J connectivity index is 2.95. The van der Waals surface area contributed by atoms with Gasteiger partial charge in [0, 0.05) is 31.4 Å². The minimum absolute atomic E-state index is 0.727. The molecule has 1 aromatic rings. The molecule has 0 radical (unpaired) electrons. The van der Waals surface area contributed by atoms with Crippen molar-refractivity contribution in [3.63, 3.8) is 0 Å². The van der Waals surface area contributed by atoms with Gasteiger partial charge in [-0.05, 0) is 44.4 Å². The van der Waals surface area contributed by atoms with Crippen molar-refractivity contribution in [3.8, 4) is 0 Å². The van der Waals surface area contributed by atoms with E-state index in [1.165, 1.54) is 17.5 Å². The number of rotatable bonds is 7. The van der Waals surface area contributed by atoms with Gasteiger partial charge in [-0.3, -0.25) is 0 Å². The molecule has 0 saturated heterocycles. The zero-order valence-electron chi connectivity index (χ0n) is 13.4. The lowest BCUT2D eigenvalue weighted by Gasteiger charge is -2.24. The average Bonchev–Trinajstić information content (AvgIpc) is 2.34. The first kappa shape index (κ1) is 16.0. The summed E-state index contributed by atoms with van der Waals surface area (Å²) in [6.07, 6.45) is 1.20. The van der Waals surface area contributed by atoms with Gasteiger partial charge < -0.3 is 10.2 Å². The molecule has 0 amide bonds. The summed E-state index contributed by atoms with van der Waals surface area (Å²) in [6.45, 7) is 13.9. The summed E-state index contributed by atoms with van der Waals surface area (Å²) >= 11 is 0. The van der Waals surface area contributed by atoms with Crippen LogP contribution in [-0.4, -0.2) is 25.1 Å². The van der Waals surface area contributed by atoms with Gasteiger partial charge in [0.05, 0.1) is 0 Å². The summed E-state index contributed by atoms with van der Waals surface area (Å²) in [4.78, 5) is 7.05. The van der Waals surface area contributed by atoms with Gasteiger partial charge in [0.1, 0.15) is 5.82 Å². The molecule has 0 aliphatic carbocycles. The Labute approximate surface area is 118 Å². The molecule has 1 N–H and O–H groups in total. The van der Waals surface area contributed by atoms with Gasteiger partial charge in [0.15, 0.2) is 0 Å². The topological polar surface area (TPSA) is 28.2 Å². The van der Waals surface area contributed by atoms with Crippen LogP contribution in [-0.2, 0) is 6.54 Å². The second-order valence-electron chi connectivity index (χ2n) is 5.77. The maximum absolute atomic E-state index is 4.75. The van der Waals surface area contributed by atoms with Crippen LogP contribution in [0, 0.1) is 19.8 Å². The summed E-state index contributed by atoms with van der Waals surface area (Å²) in [5.41, 5.74) is 3.77. The van der Waals surface area contributed by atoms with Crippen molar-refractivity contribution in [1.82, 2.24) is 10.3 Å². The van der Waals surface area contributed by atoms with Gasteiger partial charge in [-0.1, -0.05) is 20.8 Å². The summed E-state index contributed by atoms with van der Waals surface area (Å²) < 4.78 is 0. The first-order valence-electron chi connectivity index (χ1n) is 7.34. The number of aryl methyl sites for hydroxylation is 2. The van der Waals surface area contributed by atoms with Crippen molar-refractivity contribution in [1.29, 1.82) is 0 Å². The van der Waals surface area contributed by atoms with Crippen LogP contribution in [0.2, 0.25) is 0 Å². The highest BCUT2D eigenvalue weighted by molar-refractivity contribution is 5.51. The highest BCUT2D eigenvalue weighted by Crippen LogP contribution is 2.22. The van der Waals surface area contributed by atoms with E-state index in [0.29, 0.717) is 0 Å². The van der Waals surface area contributed by atoms with Crippen LogP contribution in [0.5, 0.6) is 0 Å². The molecule has 19 heavy (non-hydrogen) atoms. The molecule has 0 fully saturated rings. The SMILES string of the molecule is CCNCc1c(C)cc(C)nc1N(C)CCC(C)C. The number of nitrogens with one attached hydrogen (secondary N) is 1. The quantitative estimate of drug-likeness (QED) is 0.818. The minimum atomic E-state index is 0.727. The summed E-state index contributed by atoms with van der Waals surface area (Å²) in [5, 5.41) is 3.42. The fourth-order valence-electron chi connectivity index (χ4n) is 2.19. The van der Waals surface area contributed by atoms with Crippen LogP contribution in [0.25, 0.3) is 0 Å². The molecular weight excluding hydrogens is 234 g/mol. The van der Waals surface area contributed by atoms with E-state index in [4.69, 9.17) is 4.98 Å². The third-order valence-corrected chi connectivity index (χ3v) is 3.41. The zero-order chi connectivity index (χ0) is 14.4. The molecule has 3 heteroatoms. The predicted molar refractivity (Wildman–Crippen MR) is 83.8 cm³/mol. The van der Waals surface area contributed by atoms with Crippen LogP contribution in [0.1, 0.15) is 44.0 Å². The monoisotopic (exact) mass is 263 g/mol. The molecule has 0 aromatic carbocycles.